The van der Waals surface area contributed by atoms with Gasteiger partial charge in [-0.15, -0.1) is 0 Å². The van der Waals surface area contributed by atoms with Gasteiger partial charge in [0, 0.05) is 13.3 Å². The number of carbonyl (C=O) groups is 3. The fraction of sp³-hybridized carbons (Fsp3) is 0.727. The molecule has 8 heteroatoms. The summed E-state index contributed by atoms with van der Waals surface area (Å²) in [7, 11) is 1.17. The van der Waals surface area contributed by atoms with Gasteiger partial charge in [0.05, 0.1) is 13.7 Å². The number of carbonyl (C=O) groups excluding carboxylic acids is 3. The predicted octanol–water partition coefficient (Wildman–Crippen LogP) is -1.66. The van der Waals surface area contributed by atoms with Gasteiger partial charge >= 0.3 is 11.9 Å². The average molecular weight is 277 g/mol. The number of nitrogens with one attached hydrogen (secondary N) is 1. The molecule has 0 rings (SSSR count). The molecule has 0 heterocycles. The van der Waals surface area contributed by atoms with Crippen LogP contribution in [0.15, 0.2) is 0 Å². The molecule has 0 aliphatic rings. The Morgan fingerprint density at radius 1 is 1.32 bits per heavy atom. The predicted molar refractivity (Wildman–Crippen MR) is 62.9 cm³/mol. The third kappa shape index (κ3) is 8.11. The van der Waals surface area contributed by atoms with Gasteiger partial charge in [-0.1, -0.05) is 0 Å². The summed E-state index contributed by atoms with van der Waals surface area (Å²) < 4.78 is 9.13. The van der Waals surface area contributed by atoms with E-state index in [-0.39, 0.29) is 19.4 Å². The quantitative estimate of drug-likeness (QED) is 0.454. The Morgan fingerprint density at radius 3 is 2.42 bits per heavy atom. The molecule has 0 bridgehead atoms. The lowest BCUT2D eigenvalue weighted by atomic mass is 10.1. The Kier molecular flexibility index (Phi) is 8.47. The first-order valence-electron chi connectivity index (χ1n) is 5.70. The van der Waals surface area contributed by atoms with Gasteiger partial charge in [-0.25, -0.2) is 4.79 Å². The monoisotopic (exact) mass is 277 g/mol. The molecule has 0 aromatic rings. The highest BCUT2D eigenvalue weighted by molar-refractivity contribution is 5.83. The fourth-order valence-electron chi connectivity index (χ4n) is 1.21. The van der Waals surface area contributed by atoms with E-state index in [0.29, 0.717) is 0 Å². The van der Waals surface area contributed by atoms with Crippen LogP contribution in [-0.2, 0) is 23.9 Å². The molecular formula is C11H19NO7. The van der Waals surface area contributed by atoms with E-state index in [1.807, 2.05) is 0 Å². The Labute approximate surface area is 110 Å². The van der Waals surface area contributed by atoms with Crippen LogP contribution in [0.4, 0.5) is 0 Å². The average Bonchev–Trinajstić information content (AvgIpc) is 2.39. The number of methoxy groups -OCH3 is 1. The maximum absolute atomic E-state index is 11.3. The molecule has 0 spiro atoms. The van der Waals surface area contributed by atoms with Crippen LogP contribution in [0, 0.1) is 0 Å². The number of hydrogen-bond donors (Lipinski definition) is 3. The van der Waals surface area contributed by atoms with Crippen molar-refractivity contribution in [2.24, 2.45) is 0 Å². The highest BCUT2D eigenvalue weighted by Crippen LogP contribution is 2.02. The Morgan fingerprint density at radius 2 is 1.95 bits per heavy atom. The molecule has 0 radical (unpaired) electrons. The molecule has 1 amide bonds. The molecule has 2 unspecified atom stereocenters. The van der Waals surface area contributed by atoms with Crippen molar-refractivity contribution in [1.29, 1.82) is 0 Å². The van der Waals surface area contributed by atoms with Gasteiger partial charge in [0.15, 0.2) is 0 Å². The van der Waals surface area contributed by atoms with Crippen LogP contribution in [0.1, 0.15) is 19.8 Å². The second-order valence-corrected chi connectivity index (χ2v) is 3.83. The molecule has 2 atom stereocenters. The zero-order valence-corrected chi connectivity index (χ0v) is 10.9. The molecule has 0 fully saturated rings. The van der Waals surface area contributed by atoms with E-state index in [2.05, 4.69) is 14.8 Å². The van der Waals surface area contributed by atoms with Crippen molar-refractivity contribution < 1.29 is 34.1 Å². The topological polar surface area (TPSA) is 122 Å². The number of aliphatic hydroxyl groups excluding tert-OH is 2. The number of aliphatic hydroxyl groups is 2. The van der Waals surface area contributed by atoms with E-state index in [9.17, 15) is 14.4 Å². The van der Waals surface area contributed by atoms with Crippen LogP contribution < -0.4 is 5.32 Å². The SMILES string of the molecule is COC(=O)C(CCC(=O)OCC(O)CO)NC(C)=O. The summed E-state index contributed by atoms with van der Waals surface area (Å²) in [4.78, 5) is 33.5. The van der Waals surface area contributed by atoms with E-state index < -0.39 is 36.6 Å². The molecule has 0 aliphatic heterocycles. The van der Waals surface area contributed by atoms with Gasteiger partial charge in [0.1, 0.15) is 18.8 Å². The van der Waals surface area contributed by atoms with Crippen molar-refractivity contribution >= 4 is 17.8 Å². The molecule has 8 nitrogen and oxygen atoms in total. The first-order chi connectivity index (χ1) is 8.90. The summed E-state index contributed by atoms with van der Waals surface area (Å²) in [5, 5.41) is 19.8. The normalized spacial score (nSPS) is 13.3. The first kappa shape index (κ1) is 17.3. The third-order valence-electron chi connectivity index (χ3n) is 2.15. The molecule has 0 aromatic carbocycles. The summed E-state index contributed by atoms with van der Waals surface area (Å²) in [6.07, 6.45) is -1.23. The number of ether oxygens (including phenoxy) is 2. The lowest BCUT2D eigenvalue weighted by molar-refractivity contribution is -0.149. The summed E-state index contributed by atoms with van der Waals surface area (Å²) in [5.41, 5.74) is 0. The zero-order valence-electron chi connectivity index (χ0n) is 10.9. The number of hydrogen-bond acceptors (Lipinski definition) is 7. The van der Waals surface area contributed by atoms with Crippen LogP contribution >= 0.6 is 0 Å². The summed E-state index contributed by atoms with van der Waals surface area (Å²) in [5.74, 6) is -1.72. The van der Waals surface area contributed by atoms with Gasteiger partial charge in [0.2, 0.25) is 5.91 Å². The standard InChI is InChI=1S/C11H19NO7/c1-7(14)12-9(11(17)18-2)3-4-10(16)19-6-8(15)5-13/h8-9,13,15H,3-6H2,1-2H3,(H,12,14). The molecule has 19 heavy (non-hydrogen) atoms. The van der Waals surface area contributed by atoms with Crippen LogP contribution in [0.5, 0.6) is 0 Å². The molecule has 110 valence electrons. The van der Waals surface area contributed by atoms with E-state index in [1.54, 1.807) is 0 Å². The second-order valence-electron chi connectivity index (χ2n) is 3.83. The lowest BCUT2D eigenvalue weighted by Crippen LogP contribution is -2.40. The second kappa shape index (κ2) is 9.29. The maximum Gasteiger partial charge on any atom is 0.328 e. The summed E-state index contributed by atoms with van der Waals surface area (Å²) in [6.45, 7) is 0.411. The van der Waals surface area contributed by atoms with Crippen molar-refractivity contribution in [2.75, 3.05) is 20.3 Å². The lowest BCUT2D eigenvalue weighted by Gasteiger charge is -2.15. The largest absolute Gasteiger partial charge is 0.467 e. The smallest absolute Gasteiger partial charge is 0.328 e. The molecule has 0 aliphatic carbocycles. The number of esters is 2. The van der Waals surface area contributed by atoms with E-state index >= 15 is 0 Å². The minimum Gasteiger partial charge on any atom is -0.467 e. The maximum atomic E-state index is 11.3. The van der Waals surface area contributed by atoms with Crippen LogP contribution in [-0.4, -0.2) is 60.5 Å². The molecule has 0 saturated carbocycles. The van der Waals surface area contributed by atoms with Crippen LogP contribution in [0.25, 0.3) is 0 Å². The van der Waals surface area contributed by atoms with Gasteiger partial charge < -0.3 is 25.0 Å². The molecule has 0 saturated heterocycles. The van der Waals surface area contributed by atoms with Crippen molar-refractivity contribution in [3.05, 3.63) is 0 Å². The van der Waals surface area contributed by atoms with E-state index in [4.69, 9.17) is 10.2 Å². The summed E-state index contributed by atoms with van der Waals surface area (Å²) in [6, 6.07) is -0.919. The van der Waals surface area contributed by atoms with Crippen molar-refractivity contribution in [3.8, 4) is 0 Å². The number of amides is 1. The van der Waals surface area contributed by atoms with Crippen LogP contribution in [0.2, 0.25) is 0 Å². The van der Waals surface area contributed by atoms with Gasteiger partial charge in [0.25, 0.3) is 0 Å². The van der Waals surface area contributed by atoms with Gasteiger partial charge in [-0.05, 0) is 6.42 Å². The van der Waals surface area contributed by atoms with Crippen LogP contribution in [0.3, 0.4) is 0 Å². The highest BCUT2D eigenvalue weighted by atomic mass is 16.5. The van der Waals surface area contributed by atoms with Crippen molar-refractivity contribution in [1.82, 2.24) is 5.32 Å². The molecular weight excluding hydrogens is 258 g/mol. The Balaban J connectivity index is 4.13. The van der Waals surface area contributed by atoms with Crippen molar-refractivity contribution in [3.63, 3.8) is 0 Å². The van der Waals surface area contributed by atoms with Gasteiger partial charge in [-0.3, -0.25) is 9.59 Å². The minimum absolute atomic E-state index is 0.0281. The molecule has 0 aromatic heterocycles. The third-order valence-corrected chi connectivity index (χ3v) is 2.15. The van der Waals surface area contributed by atoms with Crippen molar-refractivity contribution in [2.45, 2.75) is 31.9 Å². The minimum atomic E-state index is -1.13. The van der Waals surface area contributed by atoms with E-state index in [1.165, 1.54) is 14.0 Å². The summed E-state index contributed by atoms with van der Waals surface area (Å²) >= 11 is 0. The first-order valence-corrected chi connectivity index (χ1v) is 5.70. The molecule has 3 N–H and O–H groups in total. The highest BCUT2D eigenvalue weighted by Gasteiger charge is 2.21. The Bertz CT molecular complexity index is 318. The number of rotatable bonds is 8. The zero-order chi connectivity index (χ0) is 14.8. The van der Waals surface area contributed by atoms with Gasteiger partial charge in [-0.2, -0.15) is 0 Å². The fourth-order valence-corrected chi connectivity index (χ4v) is 1.21. The van der Waals surface area contributed by atoms with E-state index in [0.717, 1.165) is 0 Å². The Hall–Kier alpha value is -1.67.